The molecule has 2 aromatic heterocycles. The molecule has 1 atom stereocenters. The lowest BCUT2D eigenvalue weighted by Gasteiger charge is -2.16. The summed E-state index contributed by atoms with van der Waals surface area (Å²) in [6, 6.07) is 10.7. The summed E-state index contributed by atoms with van der Waals surface area (Å²) in [7, 11) is 0. The summed E-state index contributed by atoms with van der Waals surface area (Å²) in [6.45, 7) is 2.93. The van der Waals surface area contributed by atoms with E-state index in [1.807, 2.05) is 31.2 Å². The molecule has 170 valence electrons. The highest BCUT2D eigenvalue weighted by molar-refractivity contribution is 5.72. The molecular formula is C24H22F2N4O3. The minimum atomic E-state index is -0.922. The first-order valence-corrected chi connectivity index (χ1v) is 10.8. The van der Waals surface area contributed by atoms with Gasteiger partial charge in [-0.1, -0.05) is 24.3 Å². The highest BCUT2D eigenvalue weighted by Gasteiger charge is 2.24. The van der Waals surface area contributed by atoms with Gasteiger partial charge in [-0.15, -0.1) is 0 Å². The average molecular weight is 452 g/mol. The maximum absolute atomic E-state index is 14.7. The molecule has 0 bridgehead atoms. The largest absolute Gasteiger partial charge is 0.376 e. The molecule has 1 fully saturated rings. The summed E-state index contributed by atoms with van der Waals surface area (Å²) in [5.74, 6) is -1.69. The Morgan fingerprint density at radius 3 is 2.70 bits per heavy atom. The molecule has 1 unspecified atom stereocenters. The van der Waals surface area contributed by atoms with E-state index in [0.717, 1.165) is 39.2 Å². The first kappa shape index (κ1) is 21.3. The molecule has 0 saturated carbocycles. The number of fused-ring (bicyclic) bond motifs is 1. The second kappa shape index (κ2) is 8.40. The van der Waals surface area contributed by atoms with E-state index in [4.69, 9.17) is 4.74 Å². The number of hydrogen-bond donors (Lipinski definition) is 0. The van der Waals surface area contributed by atoms with Gasteiger partial charge in [0.25, 0.3) is 5.56 Å². The Balaban J connectivity index is 1.76. The van der Waals surface area contributed by atoms with Crippen LogP contribution in [0.2, 0.25) is 0 Å². The van der Waals surface area contributed by atoms with E-state index in [1.54, 1.807) is 4.57 Å². The van der Waals surface area contributed by atoms with Crippen molar-refractivity contribution in [1.29, 1.82) is 0 Å². The smallest absolute Gasteiger partial charge is 0.337 e. The Labute approximate surface area is 187 Å². The van der Waals surface area contributed by atoms with Crippen molar-refractivity contribution < 1.29 is 13.5 Å². The number of aromatic nitrogens is 4. The second-order valence-electron chi connectivity index (χ2n) is 8.24. The predicted molar refractivity (Wildman–Crippen MR) is 119 cm³/mol. The molecule has 1 aliphatic rings. The van der Waals surface area contributed by atoms with Crippen LogP contribution in [0.3, 0.4) is 0 Å². The molecule has 4 aromatic rings. The Hall–Kier alpha value is -3.59. The van der Waals surface area contributed by atoms with Gasteiger partial charge >= 0.3 is 5.69 Å². The molecule has 33 heavy (non-hydrogen) atoms. The highest BCUT2D eigenvalue weighted by atomic mass is 19.1. The Morgan fingerprint density at radius 1 is 1.15 bits per heavy atom. The van der Waals surface area contributed by atoms with Crippen LogP contribution < -0.4 is 11.2 Å². The van der Waals surface area contributed by atoms with Crippen LogP contribution in [0.4, 0.5) is 8.78 Å². The van der Waals surface area contributed by atoms with E-state index in [-0.39, 0.29) is 29.5 Å². The first-order chi connectivity index (χ1) is 15.9. The lowest BCUT2D eigenvalue weighted by atomic mass is 10.1. The van der Waals surface area contributed by atoms with Crippen LogP contribution in [-0.4, -0.2) is 31.4 Å². The molecule has 2 aromatic carbocycles. The zero-order valence-corrected chi connectivity index (χ0v) is 18.0. The molecule has 0 spiro atoms. The number of ether oxygens (including phenoxy) is 1. The minimum Gasteiger partial charge on any atom is -0.376 e. The molecule has 0 radical (unpaired) electrons. The van der Waals surface area contributed by atoms with Crippen LogP contribution in [-0.2, 0) is 17.8 Å². The maximum Gasteiger partial charge on any atom is 0.337 e. The van der Waals surface area contributed by atoms with Crippen LogP contribution in [0.1, 0.15) is 24.0 Å². The topological polar surface area (TPSA) is 71.1 Å². The standard InChI is InChI=1S/C24H22F2N4O3/c1-15-5-2-3-6-16(15)12-28-14-27-22-21(28)23(31)29(13-18-7-4-10-33-18)24(32)30(22)20-9-8-17(25)11-19(20)26/h2-3,5-6,8-9,11,14,18H,4,7,10,12-13H2,1H3. The second-order valence-corrected chi connectivity index (χ2v) is 8.24. The Kier molecular flexibility index (Phi) is 5.41. The van der Waals surface area contributed by atoms with E-state index in [2.05, 4.69) is 4.98 Å². The lowest BCUT2D eigenvalue weighted by Crippen LogP contribution is -2.42. The lowest BCUT2D eigenvalue weighted by molar-refractivity contribution is 0.0950. The summed E-state index contributed by atoms with van der Waals surface area (Å²) in [5, 5.41) is 0. The van der Waals surface area contributed by atoms with E-state index in [9.17, 15) is 18.4 Å². The fourth-order valence-electron chi connectivity index (χ4n) is 4.30. The first-order valence-electron chi connectivity index (χ1n) is 10.8. The third-order valence-corrected chi connectivity index (χ3v) is 6.06. The van der Waals surface area contributed by atoms with Crippen molar-refractivity contribution in [2.45, 2.75) is 39.0 Å². The molecular weight excluding hydrogens is 430 g/mol. The molecule has 0 aliphatic carbocycles. The summed E-state index contributed by atoms with van der Waals surface area (Å²) in [6.07, 6.45) is 2.74. The van der Waals surface area contributed by atoms with E-state index >= 15 is 0 Å². The van der Waals surface area contributed by atoms with Gasteiger partial charge in [0.05, 0.1) is 24.7 Å². The number of benzene rings is 2. The Bertz CT molecular complexity index is 1470. The number of halogens is 2. The van der Waals surface area contributed by atoms with Gasteiger partial charge < -0.3 is 9.30 Å². The third-order valence-electron chi connectivity index (χ3n) is 6.06. The molecule has 9 heteroatoms. The van der Waals surface area contributed by atoms with Crippen LogP contribution in [0.5, 0.6) is 0 Å². The van der Waals surface area contributed by atoms with E-state index in [1.165, 1.54) is 12.4 Å². The van der Waals surface area contributed by atoms with E-state index in [0.29, 0.717) is 19.2 Å². The van der Waals surface area contributed by atoms with Gasteiger partial charge in [-0.3, -0.25) is 9.36 Å². The molecule has 5 rings (SSSR count). The fourth-order valence-corrected chi connectivity index (χ4v) is 4.30. The van der Waals surface area contributed by atoms with Gasteiger partial charge in [-0.05, 0) is 43.0 Å². The molecule has 7 nitrogen and oxygen atoms in total. The zero-order valence-electron chi connectivity index (χ0n) is 18.0. The summed E-state index contributed by atoms with van der Waals surface area (Å²) in [5.41, 5.74) is 0.774. The van der Waals surface area contributed by atoms with Crippen molar-refractivity contribution in [3.8, 4) is 5.69 Å². The zero-order chi connectivity index (χ0) is 23.1. The predicted octanol–water partition coefficient (Wildman–Crippen LogP) is 3.16. The number of aryl methyl sites for hydroxylation is 1. The van der Waals surface area contributed by atoms with Crippen LogP contribution in [0.15, 0.2) is 58.4 Å². The number of nitrogens with zero attached hydrogens (tertiary/aromatic N) is 4. The normalized spacial score (nSPS) is 16.0. The van der Waals surface area contributed by atoms with Crippen molar-refractivity contribution in [3.05, 3.63) is 92.4 Å². The maximum atomic E-state index is 14.7. The van der Waals surface area contributed by atoms with Gasteiger partial charge in [0.2, 0.25) is 0 Å². The van der Waals surface area contributed by atoms with Gasteiger partial charge in [0.15, 0.2) is 11.2 Å². The highest BCUT2D eigenvalue weighted by Crippen LogP contribution is 2.20. The molecule has 1 aliphatic heterocycles. The van der Waals surface area contributed by atoms with Crippen LogP contribution >= 0.6 is 0 Å². The minimum absolute atomic E-state index is 0.0210. The van der Waals surface area contributed by atoms with Gasteiger partial charge in [-0.2, -0.15) is 0 Å². The van der Waals surface area contributed by atoms with E-state index < -0.39 is 22.9 Å². The van der Waals surface area contributed by atoms with Crippen LogP contribution in [0, 0.1) is 18.6 Å². The number of rotatable bonds is 5. The fraction of sp³-hybridized carbons (Fsp3) is 0.292. The SMILES string of the molecule is Cc1ccccc1Cn1cnc2c1c(=O)n(CC1CCCO1)c(=O)n2-c1ccc(F)cc1F. The Morgan fingerprint density at radius 2 is 1.97 bits per heavy atom. The van der Waals surface area contributed by atoms with Crippen molar-refractivity contribution in [2.75, 3.05) is 6.61 Å². The summed E-state index contributed by atoms with van der Waals surface area (Å²) >= 11 is 0. The van der Waals surface area contributed by atoms with Crippen molar-refractivity contribution >= 4 is 11.2 Å². The van der Waals surface area contributed by atoms with Crippen LogP contribution in [0.25, 0.3) is 16.9 Å². The monoisotopic (exact) mass is 452 g/mol. The molecule has 1 saturated heterocycles. The van der Waals surface area contributed by atoms with Crippen molar-refractivity contribution in [1.82, 2.24) is 18.7 Å². The molecule has 3 heterocycles. The van der Waals surface area contributed by atoms with Gasteiger partial charge in [0.1, 0.15) is 11.6 Å². The molecule has 0 amide bonds. The average Bonchev–Trinajstić information content (AvgIpc) is 3.44. The van der Waals surface area contributed by atoms with Gasteiger partial charge in [0, 0.05) is 19.2 Å². The number of hydrogen-bond acceptors (Lipinski definition) is 4. The third kappa shape index (κ3) is 3.78. The summed E-state index contributed by atoms with van der Waals surface area (Å²) in [4.78, 5) is 31.2. The summed E-state index contributed by atoms with van der Waals surface area (Å²) < 4.78 is 37.7. The van der Waals surface area contributed by atoms with Crippen molar-refractivity contribution in [3.63, 3.8) is 0 Å². The quantitative estimate of drug-likeness (QED) is 0.467. The number of imidazole rings is 1. The van der Waals surface area contributed by atoms with Gasteiger partial charge in [-0.25, -0.2) is 23.1 Å². The van der Waals surface area contributed by atoms with Crippen molar-refractivity contribution in [2.24, 2.45) is 0 Å². The molecule has 0 N–H and O–H groups in total.